The van der Waals surface area contributed by atoms with Gasteiger partial charge in [0.2, 0.25) is 0 Å². The van der Waals surface area contributed by atoms with Gasteiger partial charge in [-0.3, -0.25) is 0 Å². The number of benzene rings is 1. The Morgan fingerprint density at radius 3 is 2.56 bits per heavy atom. The SMILES string of the molecule is O=C(NCCO)Nc1ccc(F)c(F)c1F. The molecule has 16 heavy (non-hydrogen) atoms. The lowest BCUT2D eigenvalue weighted by Gasteiger charge is -2.07. The molecule has 3 N–H and O–H groups in total. The maximum Gasteiger partial charge on any atom is 0.319 e. The van der Waals surface area contributed by atoms with E-state index in [4.69, 9.17) is 5.11 Å². The summed E-state index contributed by atoms with van der Waals surface area (Å²) >= 11 is 0. The number of aliphatic hydroxyl groups excluding tert-OH is 1. The molecule has 0 aliphatic heterocycles. The van der Waals surface area contributed by atoms with E-state index in [0.717, 1.165) is 6.07 Å². The van der Waals surface area contributed by atoms with Crippen molar-refractivity contribution in [3.63, 3.8) is 0 Å². The van der Waals surface area contributed by atoms with Crippen molar-refractivity contribution < 1.29 is 23.1 Å². The Bertz CT molecular complexity index is 399. The van der Waals surface area contributed by atoms with Crippen LogP contribution in [0.5, 0.6) is 0 Å². The predicted octanol–water partition coefficient (Wildman–Crippen LogP) is 1.22. The minimum absolute atomic E-state index is 0.0306. The standard InChI is InChI=1S/C9H9F3N2O2/c10-5-1-2-6(8(12)7(5)11)14-9(16)13-3-4-15/h1-2,15H,3-4H2,(H2,13,14,16). The Kier molecular flexibility index (Phi) is 4.12. The van der Waals surface area contributed by atoms with Crippen LogP contribution in [-0.4, -0.2) is 24.3 Å². The Balaban J connectivity index is 2.74. The van der Waals surface area contributed by atoms with Gasteiger partial charge in [0.1, 0.15) is 0 Å². The number of hydrogen-bond donors (Lipinski definition) is 3. The largest absolute Gasteiger partial charge is 0.395 e. The molecule has 0 bridgehead atoms. The van der Waals surface area contributed by atoms with Crippen LogP contribution in [0.3, 0.4) is 0 Å². The fourth-order valence-electron chi connectivity index (χ4n) is 0.958. The first-order chi connectivity index (χ1) is 7.56. The number of aliphatic hydroxyl groups is 1. The van der Waals surface area contributed by atoms with E-state index in [-0.39, 0.29) is 13.2 Å². The van der Waals surface area contributed by atoms with Crippen molar-refractivity contribution in [2.75, 3.05) is 18.5 Å². The molecule has 1 aromatic carbocycles. The van der Waals surface area contributed by atoms with Gasteiger partial charge in [0.25, 0.3) is 0 Å². The summed E-state index contributed by atoms with van der Waals surface area (Å²) in [5.41, 5.74) is -0.477. The molecule has 0 atom stereocenters. The van der Waals surface area contributed by atoms with Gasteiger partial charge < -0.3 is 15.7 Å². The zero-order valence-corrected chi connectivity index (χ0v) is 8.06. The molecule has 0 unspecified atom stereocenters. The minimum Gasteiger partial charge on any atom is -0.395 e. The van der Waals surface area contributed by atoms with Crippen molar-refractivity contribution in [2.24, 2.45) is 0 Å². The zero-order chi connectivity index (χ0) is 12.1. The third-order valence-corrected chi connectivity index (χ3v) is 1.68. The normalized spacial score (nSPS) is 10.0. The molecule has 0 fully saturated rings. The number of carbonyl (C=O) groups excluding carboxylic acids is 1. The van der Waals surface area contributed by atoms with Gasteiger partial charge in [-0.15, -0.1) is 0 Å². The molecular formula is C9H9F3N2O2. The van der Waals surface area contributed by atoms with Gasteiger partial charge in [0, 0.05) is 6.54 Å². The molecule has 0 aliphatic rings. The molecule has 88 valence electrons. The number of nitrogens with one attached hydrogen (secondary N) is 2. The average molecular weight is 234 g/mol. The van der Waals surface area contributed by atoms with Crippen LogP contribution in [0.1, 0.15) is 0 Å². The fourth-order valence-corrected chi connectivity index (χ4v) is 0.958. The Morgan fingerprint density at radius 2 is 1.94 bits per heavy atom. The second-order valence-electron chi connectivity index (χ2n) is 2.83. The summed E-state index contributed by atoms with van der Waals surface area (Å²) in [5.74, 6) is -4.46. The van der Waals surface area contributed by atoms with Gasteiger partial charge in [-0.1, -0.05) is 0 Å². The number of carbonyl (C=O) groups is 1. The van der Waals surface area contributed by atoms with Crippen LogP contribution in [-0.2, 0) is 0 Å². The molecule has 0 saturated carbocycles. The lowest BCUT2D eigenvalue weighted by atomic mass is 10.3. The predicted molar refractivity (Wildman–Crippen MR) is 50.4 cm³/mol. The van der Waals surface area contributed by atoms with Crippen molar-refractivity contribution in [1.82, 2.24) is 5.32 Å². The number of anilines is 1. The highest BCUT2D eigenvalue weighted by atomic mass is 19.2. The molecule has 0 aliphatic carbocycles. The summed E-state index contributed by atoms with van der Waals surface area (Å²) in [6.07, 6.45) is 0. The summed E-state index contributed by atoms with van der Waals surface area (Å²) in [4.78, 5) is 11.0. The van der Waals surface area contributed by atoms with Crippen LogP contribution in [0.2, 0.25) is 0 Å². The highest BCUT2D eigenvalue weighted by Crippen LogP contribution is 2.19. The monoisotopic (exact) mass is 234 g/mol. The van der Waals surface area contributed by atoms with Crippen molar-refractivity contribution in [1.29, 1.82) is 0 Å². The van der Waals surface area contributed by atoms with Crippen molar-refractivity contribution >= 4 is 11.7 Å². The summed E-state index contributed by atoms with van der Waals surface area (Å²) in [7, 11) is 0. The van der Waals surface area contributed by atoms with Crippen molar-refractivity contribution in [2.45, 2.75) is 0 Å². The van der Waals surface area contributed by atoms with E-state index < -0.39 is 29.2 Å². The Morgan fingerprint density at radius 1 is 1.25 bits per heavy atom. The Labute approximate surface area is 89.1 Å². The van der Waals surface area contributed by atoms with Crippen molar-refractivity contribution in [3.8, 4) is 0 Å². The maximum absolute atomic E-state index is 13.0. The lowest BCUT2D eigenvalue weighted by Crippen LogP contribution is -2.31. The van der Waals surface area contributed by atoms with Gasteiger partial charge in [0.05, 0.1) is 12.3 Å². The second-order valence-corrected chi connectivity index (χ2v) is 2.83. The zero-order valence-electron chi connectivity index (χ0n) is 8.06. The first-order valence-corrected chi connectivity index (χ1v) is 4.35. The highest BCUT2D eigenvalue weighted by molar-refractivity contribution is 5.89. The molecule has 0 heterocycles. The molecule has 4 nitrogen and oxygen atoms in total. The number of hydrogen-bond acceptors (Lipinski definition) is 2. The molecule has 0 spiro atoms. The molecule has 2 amide bonds. The van der Waals surface area contributed by atoms with E-state index >= 15 is 0 Å². The molecule has 0 aromatic heterocycles. The molecule has 7 heteroatoms. The van der Waals surface area contributed by atoms with Crippen LogP contribution in [0.25, 0.3) is 0 Å². The van der Waals surface area contributed by atoms with Gasteiger partial charge in [-0.2, -0.15) is 0 Å². The van der Waals surface area contributed by atoms with Crippen LogP contribution in [0, 0.1) is 17.5 Å². The average Bonchev–Trinajstić information content (AvgIpc) is 2.27. The van der Waals surface area contributed by atoms with Gasteiger partial charge in [-0.25, -0.2) is 18.0 Å². The maximum atomic E-state index is 13.0. The number of halogens is 3. The number of amides is 2. The molecule has 0 saturated heterocycles. The third-order valence-electron chi connectivity index (χ3n) is 1.68. The van der Waals surface area contributed by atoms with Crippen LogP contribution in [0.15, 0.2) is 12.1 Å². The Hall–Kier alpha value is -1.76. The fraction of sp³-hybridized carbons (Fsp3) is 0.222. The smallest absolute Gasteiger partial charge is 0.319 e. The molecular weight excluding hydrogens is 225 g/mol. The van der Waals surface area contributed by atoms with E-state index in [1.807, 2.05) is 5.32 Å². The first kappa shape index (κ1) is 12.3. The van der Waals surface area contributed by atoms with Crippen LogP contribution >= 0.6 is 0 Å². The van der Waals surface area contributed by atoms with E-state index in [9.17, 15) is 18.0 Å². The van der Waals surface area contributed by atoms with E-state index in [2.05, 4.69) is 5.32 Å². The van der Waals surface area contributed by atoms with Gasteiger partial charge >= 0.3 is 6.03 Å². The van der Waals surface area contributed by atoms with E-state index in [1.165, 1.54) is 0 Å². The second kappa shape index (κ2) is 5.36. The molecule has 1 rings (SSSR count). The van der Waals surface area contributed by atoms with Gasteiger partial charge in [-0.05, 0) is 12.1 Å². The third kappa shape index (κ3) is 2.86. The quantitative estimate of drug-likeness (QED) is 0.688. The summed E-state index contributed by atoms with van der Waals surface area (Å²) in [6.45, 7) is -0.315. The summed E-state index contributed by atoms with van der Waals surface area (Å²) < 4.78 is 38.3. The molecule has 1 aromatic rings. The topological polar surface area (TPSA) is 61.4 Å². The first-order valence-electron chi connectivity index (χ1n) is 4.35. The van der Waals surface area contributed by atoms with E-state index in [1.54, 1.807) is 0 Å². The number of urea groups is 1. The number of rotatable bonds is 3. The summed E-state index contributed by atoms with van der Waals surface area (Å²) in [5, 5.41) is 12.5. The lowest BCUT2D eigenvalue weighted by molar-refractivity contribution is 0.244. The highest BCUT2D eigenvalue weighted by Gasteiger charge is 2.14. The van der Waals surface area contributed by atoms with E-state index in [0.29, 0.717) is 6.07 Å². The minimum atomic E-state index is -1.65. The van der Waals surface area contributed by atoms with Gasteiger partial charge in [0.15, 0.2) is 17.5 Å². The van der Waals surface area contributed by atoms with Crippen LogP contribution in [0.4, 0.5) is 23.7 Å². The van der Waals surface area contributed by atoms with Crippen molar-refractivity contribution in [3.05, 3.63) is 29.6 Å². The van der Waals surface area contributed by atoms with Crippen LogP contribution < -0.4 is 10.6 Å². The summed E-state index contributed by atoms with van der Waals surface area (Å²) in [6, 6.07) is 0.769. The molecule has 0 radical (unpaired) electrons.